The van der Waals surface area contributed by atoms with Crippen LogP contribution in [-0.4, -0.2) is 49.0 Å². The molecule has 0 spiro atoms. The Morgan fingerprint density at radius 2 is 1.80 bits per heavy atom. The zero-order chi connectivity index (χ0) is 16.2. The number of likely N-dealkylation sites (tertiary alicyclic amines) is 1. The van der Waals surface area contributed by atoms with E-state index in [4.69, 9.17) is 14.0 Å². The molecule has 2 unspecified atom stereocenters. The molecule has 0 saturated carbocycles. The number of ether oxygens (including phenoxy) is 2. The van der Waals surface area contributed by atoms with E-state index in [0.717, 1.165) is 30.0 Å². The second-order valence-corrected chi connectivity index (χ2v) is 6.52. The van der Waals surface area contributed by atoms with Crippen LogP contribution in [0.4, 0.5) is 0 Å². The maximum atomic E-state index is 5.98. The number of halogens is 1. The van der Waals surface area contributed by atoms with Gasteiger partial charge in [0.25, 0.3) is 0 Å². The lowest BCUT2D eigenvalue weighted by molar-refractivity contribution is -0.153. The molecular formula is C19H25ClN2O3. The third-order valence-electron chi connectivity index (χ3n) is 4.86. The number of hydrogen-bond donors (Lipinski definition) is 0. The molecule has 0 radical (unpaired) electrons. The summed E-state index contributed by atoms with van der Waals surface area (Å²) in [6, 6.07) is 12.1. The molecule has 0 aliphatic carbocycles. The highest BCUT2D eigenvalue weighted by Gasteiger charge is 2.32. The molecule has 2 fully saturated rings. The van der Waals surface area contributed by atoms with Gasteiger partial charge in [-0.15, -0.1) is 12.4 Å². The molecule has 6 heteroatoms. The molecule has 2 aliphatic rings. The number of aromatic nitrogens is 1. The summed E-state index contributed by atoms with van der Waals surface area (Å²) in [6.07, 6.45) is 3.47. The Morgan fingerprint density at radius 1 is 1.04 bits per heavy atom. The molecule has 5 nitrogen and oxygen atoms in total. The van der Waals surface area contributed by atoms with Crippen LogP contribution in [0.5, 0.6) is 0 Å². The van der Waals surface area contributed by atoms with Crippen LogP contribution in [0, 0.1) is 0 Å². The Morgan fingerprint density at radius 3 is 2.60 bits per heavy atom. The Bertz CT molecular complexity index is 643. The van der Waals surface area contributed by atoms with Crippen LogP contribution in [0.1, 0.15) is 31.1 Å². The van der Waals surface area contributed by atoms with Crippen LogP contribution < -0.4 is 0 Å². The SMILES string of the molecule is Cl.c1ccc(-c2cc(C3OCCOC3CCN3CCCC3)on2)cc1. The van der Waals surface area contributed by atoms with Gasteiger partial charge in [0.15, 0.2) is 5.76 Å². The minimum absolute atomic E-state index is 0. The van der Waals surface area contributed by atoms with E-state index in [1.165, 1.54) is 25.9 Å². The Hall–Kier alpha value is -1.40. The van der Waals surface area contributed by atoms with Crippen LogP contribution in [0.3, 0.4) is 0 Å². The quantitative estimate of drug-likeness (QED) is 0.809. The minimum atomic E-state index is -0.161. The zero-order valence-corrected chi connectivity index (χ0v) is 15.1. The summed E-state index contributed by atoms with van der Waals surface area (Å²) < 4.78 is 17.5. The number of rotatable bonds is 5. The molecule has 1 aromatic carbocycles. The molecule has 136 valence electrons. The number of benzene rings is 1. The van der Waals surface area contributed by atoms with Gasteiger partial charge in [0.2, 0.25) is 0 Å². The van der Waals surface area contributed by atoms with Gasteiger partial charge < -0.3 is 18.9 Å². The summed E-state index contributed by atoms with van der Waals surface area (Å²) in [5.41, 5.74) is 1.90. The number of nitrogens with zero attached hydrogens (tertiary/aromatic N) is 2. The first kappa shape index (κ1) is 18.4. The molecule has 25 heavy (non-hydrogen) atoms. The molecule has 2 saturated heterocycles. The standard InChI is InChI=1S/C19H24N2O3.ClH/c1-2-6-15(7-3-1)16-14-18(24-20-16)19-17(22-12-13-23-19)8-11-21-9-4-5-10-21;/h1-3,6-7,14,17,19H,4-5,8-13H2;1H. The monoisotopic (exact) mass is 364 g/mol. The van der Waals surface area contributed by atoms with Crippen molar-refractivity contribution < 1.29 is 14.0 Å². The van der Waals surface area contributed by atoms with Crippen molar-refractivity contribution in [1.82, 2.24) is 10.1 Å². The maximum absolute atomic E-state index is 5.98. The van der Waals surface area contributed by atoms with Crippen molar-refractivity contribution in [2.75, 3.05) is 32.8 Å². The van der Waals surface area contributed by atoms with Gasteiger partial charge >= 0.3 is 0 Å². The first-order valence-corrected chi connectivity index (χ1v) is 8.88. The van der Waals surface area contributed by atoms with Gasteiger partial charge in [-0.3, -0.25) is 0 Å². The third kappa shape index (κ3) is 4.42. The van der Waals surface area contributed by atoms with Crippen LogP contribution in [0.15, 0.2) is 40.9 Å². The van der Waals surface area contributed by atoms with Crippen LogP contribution >= 0.6 is 12.4 Å². The smallest absolute Gasteiger partial charge is 0.168 e. The van der Waals surface area contributed by atoms with Gasteiger partial charge in [-0.2, -0.15) is 0 Å². The van der Waals surface area contributed by atoms with E-state index in [1.54, 1.807) is 0 Å². The van der Waals surface area contributed by atoms with Crippen LogP contribution in [0.2, 0.25) is 0 Å². The van der Waals surface area contributed by atoms with Gasteiger partial charge in [0.1, 0.15) is 11.8 Å². The van der Waals surface area contributed by atoms with Gasteiger partial charge in [0, 0.05) is 18.2 Å². The topological polar surface area (TPSA) is 47.7 Å². The van der Waals surface area contributed by atoms with E-state index in [0.29, 0.717) is 13.2 Å². The average Bonchev–Trinajstić information content (AvgIpc) is 3.33. The van der Waals surface area contributed by atoms with Crippen molar-refractivity contribution in [1.29, 1.82) is 0 Å². The van der Waals surface area contributed by atoms with Gasteiger partial charge in [0.05, 0.1) is 19.3 Å². The lowest BCUT2D eigenvalue weighted by Gasteiger charge is -2.31. The summed E-state index contributed by atoms with van der Waals surface area (Å²) in [5, 5.41) is 4.21. The highest BCUT2D eigenvalue weighted by Crippen LogP contribution is 2.31. The molecule has 4 rings (SSSR count). The fraction of sp³-hybridized carbons (Fsp3) is 0.526. The van der Waals surface area contributed by atoms with Crippen LogP contribution in [0.25, 0.3) is 11.3 Å². The van der Waals surface area contributed by atoms with E-state index in [1.807, 2.05) is 36.4 Å². The first-order valence-electron chi connectivity index (χ1n) is 8.88. The normalized spacial score (nSPS) is 24.2. The number of hydrogen-bond acceptors (Lipinski definition) is 5. The van der Waals surface area contributed by atoms with Crippen molar-refractivity contribution in [2.24, 2.45) is 0 Å². The third-order valence-corrected chi connectivity index (χ3v) is 4.86. The fourth-order valence-corrected chi connectivity index (χ4v) is 3.55. The Labute approximate surface area is 154 Å². The molecule has 3 heterocycles. The van der Waals surface area contributed by atoms with Gasteiger partial charge in [-0.05, 0) is 32.4 Å². The van der Waals surface area contributed by atoms with E-state index < -0.39 is 0 Å². The lowest BCUT2D eigenvalue weighted by atomic mass is 10.0. The van der Waals surface area contributed by atoms with Gasteiger partial charge in [-0.25, -0.2) is 0 Å². The largest absolute Gasteiger partial charge is 0.373 e. The fourth-order valence-electron chi connectivity index (χ4n) is 3.55. The summed E-state index contributed by atoms with van der Waals surface area (Å²) in [6.45, 7) is 4.73. The van der Waals surface area contributed by atoms with Crippen molar-refractivity contribution in [2.45, 2.75) is 31.5 Å². The summed E-state index contributed by atoms with van der Waals surface area (Å²) in [5.74, 6) is 0.764. The average molecular weight is 365 g/mol. The van der Waals surface area contributed by atoms with E-state index >= 15 is 0 Å². The van der Waals surface area contributed by atoms with Crippen molar-refractivity contribution >= 4 is 12.4 Å². The highest BCUT2D eigenvalue weighted by molar-refractivity contribution is 5.85. The molecule has 0 amide bonds. The van der Waals surface area contributed by atoms with Crippen molar-refractivity contribution in [3.8, 4) is 11.3 Å². The minimum Gasteiger partial charge on any atom is -0.373 e. The van der Waals surface area contributed by atoms with Crippen LogP contribution in [-0.2, 0) is 9.47 Å². The molecular weight excluding hydrogens is 340 g/mol. The second-order valence-electron chi connectivity index (χ2n) is 6.52. The van der Waals surface area contributed by atoms with Crippen molar-refractivity contribution in [3.05, 3.63) is 42.2 Å². The predicted octanol–water partition coefficient (Wildman–Crippen LogP) is 3.71. The second kappa shape index (κ2) is 8.81. The zero-order valence-electron chi connectivity index (χ0n) is 14.3. The maximum Gasteiger partial charge on any atom is 0.168 e. The molecule has 1 aromatic heterocycles. The molecule has 2 aliphatic heterocycles. The molecule has 2 atom stereocenters. The molecule has 2 aromatic rings. The summed E-state index contributed by atoms with van der Waals surface area (Å²) in [7, 11) is 0. The first-order chi connectivity index (χ1) is 11.9. The van der Waals surface area contributed by atoms with Gasteiger partial charge in [-0.1, -0.05) is 35.5 Å². The predicted molar refractivity (Wildman–Crippen MR) is 97.9 cm³/mol. The Balaban J connectivity index is 0.00000182. The lowest BCUT2D eigenvalue weighted by Crippen LogP contribution is -2.35. The van der Waals surface area contributed by atoms with E-state index in [2.05, 4.69) is 10.1 Å². The summed E-state index contributed by atoms with van der Waals surface area (Å²) in [4.78, 5) is 2.50. The van der Waals surface area contributed by atoms with E-state index in [9.17, 15) is 0 Å². The summed E-state index contributed by atoms with van der Waals surface area (Å²) >= 11 is 0. The van der Waals surface area contributed by atoms with Crippen molar-refractivity contribution in [3.63, 3.8) is 0 Å². The van der Waals surface area contributed by atoms with E-state index in [-0.39, 0.29) is 24.6 Å². The molecule has 0 N–H and O–H groups in total. The Kier molecular flexibility index (Phi) is 6.48. The highest BCUT2D eigenvalue weighted by atomic mass is 35.5. The molecule has 0 bridgehead atoms.